The number of ether oxygens (including phenoxy) is 2. The maximum atomic E-state index is 11.8. The number of methoxy groups -OCH3 is 2. The SMILES string of the molecule is COc1ccc(CCN2C[C@H](CN)CC2=O)cc1OC. The van der Waals surface area contributed by atoms with Crippen molar-refractivity contribution in [3.63, 3.8) is 0 Å². The van der Waals surface area contributed by atoms with Crippen LogP contribution in [0.3, 0.4) is 0 Å². The van der Waals surface area contributed by atoms with E-state index in [2.05, 4.69) is 0 Å². The normalized spacial score (nSPS) is 18.4. The van der Waals surface area contributed by atoms with Gasteiger partial charge in [-0.15, -0.1) is 0 Å². The Bertz CT molecular complexity index is 476. The maximum absolute atomic E-state index is 11.8. The van der Waals surface area contributed by atoms with Crippen molar-refractivity contribution >= 4 is 5.91 Å². The quantitative estimate of drug-likeness (QED) is 0.845. The summed E-state index contributed by atoms with van der Waals surface area (Å²) < 4.78 is 10.5. The lowest BCUT2D eigenvalue weighted by molar-refractivity contribution is -0.127. The second-order valence-electron chi connectivity index (χ2n) is 5.08. The average Bonchev–Trinajstić information content (AvgIpc) is 2.85. The molecule has 0 spiro atoms. The van der Waals surface area contributed by atoms with E-state index in [0.29, 0.717) is 18.9 Å². The number of carbonyl (C=O) groups is 1. The van der Waals surface area contributed by atoms with Crippen molar-refractivity contribution in [1.82, 2.24) is 4.90 Å². The summed E-state index contributed by atoms with van der Waals surface area (Å²) in [7, 11) is 3.24. The van der Waals surface area contributed by atoms with Crippen LogP contribution in [-0.4, -0.2) is 44.7 Å². The second kappa shape index (κ2) is 6.61. The van der Waals surface area contributed by atoms with E-state index >= 15 is 0 Å². The molecule has 1 aliphatic heterocycles. The van der Waals surface area contributed by atoms with Gasteiger partial charge in [0.15, 0.2) is 11.5 Å². The summed E-state index contributed by atoms with van der Waals surface area (Å²) in [6.07, 6.45) is 1.39. The molecule has 2 N–H and O–H groups in total. The topological polar surface area (TPSA) is 64.8 Å². The van der Waals surface area contributed by atoms with Crippen molar-refractivity contribution in [3.8, 4) is 11.5 Å². The molecule has 110 valence electrons. The Hall–Kier alpha value is -1.75. The van der Waals surface area contributed by atoms with Gasteiger partial charge in [-0.2, -0.15) is 0 Å². The molecule has 1 amide bonds. The van der Waals surface area contributed by atoms with E-state index < -0.39 is 0 Å². The van der Waals surface area contributed by atoms with Crippen LogP contribution in [-0.2, 0) is 11.2 Å². The number of benzene rings is 1. The van der Waals surface area contributed by atoms with Crippen LogP contribution in [0.25, 0.3) is 0 Å². The lowest BCUT2D eigenvalue weighted by atomic mass is 10.1. The van der Waals surface area contributed by atoms with Crippen LogP contribution in [0.15, 0.2) is 18.2 Å². The highest BCUT2D eigenvalue weighted by Gasteiger charge is 2.27. The summed E-state index contributed by atoms with van der Waals surface area (Å²) in [6, 6.07) is 5.85. The van der Waals surface area contributed by atoms with Crippen molar-refractivity contribution in [2.75, 3.05) is 33.9 Å². The van der Waals surface area contributed by atoms with E-state index in [1.165, 1.54) is 0 Å². The number of hydrogen-bond donors (Lipinski definition) is 1. The Morgan fingerprint density at radius 1 is 1.30 bits per heavy atom. The summed E-state index contributed by atoms with van der Waals surface area (Å²) in [5, 5.41) is 0. The van der Waals surface area contributed by atoms with E-state index in [-0.39, 0.29) is 5.91 Å². The molecule has 20 heavy (non-hydrogen) atoms. The largest absolute Gasteiger partial charge is 0.493 e. The third-order valence-electron chi connectivity index (χ3n) is 3.75. The van der Waals surface area contributed by atoms with Gasteiger partial charge in [-0.25, -0.2) is 0 Å². The summed E-state index contributed by atoms with van der Waals surface area (Å²) in [4.78, 5) is 13.7. The third-order valence-corrected chi connectivity index (χ3v) is 3.75. The van der Waals surface area contributed by atoms with Crippen LogP contribution in [0.4, 0.5) is 0 Å². The van der Waals surface area contributed by atoms with Gasteiger partial charge in [0, 0.05) is 19.5 Å². The molecule has 5 nitrogen and oxygen atoms in total. The first-order chi connectivity index (χ1) is 9.67. The van der Waals surface area contributed by atoms with Gasteiger partial charge in [0.25, 0.3) is 0 Å². The minimum atomic E-state index is 0.209. The molecule has 1 fully saturated rings. The van der Waals surface area contributed by atoms with Crippen molar-refractivity contribution in [2.45, 2.75) is 12.8 Å². The predicted octanol–water partition coefficient (Wildman–Crippen LogP) is 1.05. The fourth-order valence-electron chi connectivity index (χ4n) is 2.53. The van der Waals surface area contributed by atoms with Crippen molar-refractivity contribution < 1.29 is 14.3 Å². The molecule has 1 aromatic carbocycles. The Morgan fingerprint density at radius 3 is 2.65 bits per heavy atom. The predicted molar refractivity (Wildman–Crippen MR) is 77.0 cm³/mol. The average molecular weight is 278 g/mol. The number of amides is 1. The minimum absolute atomic E-state index is 0.209. The van der Waals surface area contributed by atoms with Gasteiger partial charge in [0.2, 0.25) is 5.91 Å². The van der Waals surface area contributed by atoms with Gasteiger partial charge < -0.3 is 20.1 Å². The van der Waals surface area contributed by atoms with Crippen molar-refractivity contribution in [1.29, 1.82) is 0 Å². The Balaban J connectivity index is 1.96. The van der Waals surface area contributed by atoms with E-state index in [0.717, 1.165) is 36.6 Å². The van der Waals surface area contributed by atoms with E-state index in [4.69, 9.17) is 15.2 Å². The fraction of sp³-hybridized carbons (Fsp3) is 0.533. The fourth-order valence-corrected chi connectivity index (χ4v) is 2.53. The van der Waals surface area contributed by atoms with Gasteiger partial charge in [-0.1, -0.05) is 6.07 Å². The van der Waals surface area contributed by atoms with Gasteiger partial charge in [0.05, 0.1) is 14.2 Å². The zero-order valence-electron chi connectivity index (χ0n) is 12.1. The number of hydrogen-bond acceptors (Lipinski definition) is 4. The van der Waals surface area contributed by atoms with Crippen molar-refractivity contribution in [3.05, 3.63) is 23.8 Å². The third kappa shape index (κ3) is 3.22. The molecular formula is C15H22N2O3. The van der Waals surface area contributed by atoms with Crippen LogP contribution >= 0.6 is 0 Å². The molecule has 0 aliphatic carbocycles. The molecule has 0 aromatic heterocycles. The molecule has 0 saturated carbocycles. The minimum Gasteiger partial charge on any atom is -0.493 e. The molecule has 5 heteroatoms. The first-order valence-corrected chi connectivity index (χ1v) is 6.86. The summed E-state index contributed by atoms with van der Waals surface area (Å²) in [5.74, 6) is 1.96. The van der Waals surface area contributed by atoms with Crippen LogP contribution in [0.1, 0.15) is 12.0 Å². The molecule has 0 unspecified atom stereocenters. The number of carbonyl (C=O) groups excluding carboxylic acids is 1. The standard InChI is InChI=1S/C15H22N2O3/c1-19-13-4-3-11(7-14(13)20-2)5-6-17-10-12(9-16)8-15(17)18/h3-4,7,12H,5-6,8-10,16H2,1-2H3/t12-/m0/s1. The second-order valence-corrected chi connectivity index (χ2v) is 5.08. The van der Waals surface area contributed by atoms with Crippen molar-refractivity contribution in [2.24, 2.45) is 11.7 Å². The molecule has 1 atom stereocenters. The van der Waals surface area contributed by atoms with E-state index in [1.54, 1.807) is 14.2 Å². The molecule has 2 rings (SSSR count). The first-order valence-electron chi connectivity index (χ1n) is 6.86. The van der Waals surface area contributed by atoms with Crippen LogP contribution in [0.5, 0.6) is 11.5 Å². The highest BCUT2D eigenvalue weighted by molar-refractivity contribution is 5.78. The van der Waals surface area contributed by atoms with E-state index in [9.17, 15) is 4.79 Å². The molecule has 0 bridgehead atoms. The number of nitrogens with two attached hydrogens (primary N) is 1. The first kappa shape index (κ1) is 14.7. The van der Waals surface area contributed by atoms with Gasteiger partial charge in [-0.3, -0.25) is 4.79 Å². The lowest BCUT2D eigenvalue weighted by Gasteiger charge is -2.17. The molecule has 1 saturated heterocycles. The summed E-state index contributed by atoms with van der Waals surface area (Å²) in [5.41, 5.74) is 6.76. The van der Waals surface area contributed by atoms with Crippen LogP contribution < -0.4 is 15.2 Å². The molecule has 1 aliphatic rings. The highest BCUT2D eigenvalue weighted by atomic mass is 16.5. The maximum Gasteiger partial charge on any atom is 0.222 e. The summed E-state index contributed by atoms with van der Waals surface area (Å²) >= 11 is 0. The molecule has 0 radical (unpaired) electrons. The number of nitrogens with zero attached hydrogens (tertiary/aromatic N) is 1. The van der Waals surface area contributed by atoms with Gasteiger partial charge in [-0.05, 0) is 36.6 Å². The van der Waals surface area contributed by atoms with Gasteiger partial charge >= 0.3 is 0 Å². The number of likely N-dealkylation sites (tertiary alicyclic amines) is 1. The van der Waals surface area contributed by atoms with Crippen LogP contribution in [0, 0.1) is 5.92 Å². The smallest absolute Gasteiger partial charge is 0.222 e. The number of rotatable bonds is 6. The zero-order chi connectivity index (χ0) is 14.5. The molecular weight excluding hydrogens is 256 g/mol. The Labute approximate surface area is 119 Å². The zero-order valence-corrected chi connectivity index (χ0v) is 12.1. The Morgan fingerprint density at radius 2 is 2.05 bits per heavy atom. The molecule has 1 heterocycles. The lowest BCUT2D eigenvalue weighted by Crippen LogP contribution is -2.28. The highest BCUT2D eigenvalue weighted by Crippen LogP contribution is 2.28. The molecule has 1 aromatic rings. The van der Waals surface area contributed by atoms with E-state index in [1.807, 2.05) is 23.1 Å². The van der Waals surface area contributed by atoms with Gasteiger partial charge in [0.1, 0.15) is 0 Å². The van der Waals surface area contributed by atoms with Crippen LogP contribution in [0.2, 0.25) is 0 Å². The summed E-state index contributed by atoms with van der Waals surface area (Å²) in [6.45, 7) is 2.09. The Kier molecular flexibility index (Phi) is 4.84. The monoisotopic (exact) mass is 278 g/mol.